The van der Waals surface area contributed by atoms with Gasteiger partial charge in [-0.05, 0) is 41.0 Å². The summed E-state index contributed by atoms with van der Waals surface area (Å²) < 4.78 is 6.62. The van der Waals surface area contributed by atoms with Gasteiger partial charge in [-0.25, -0.2) is 4.79 Å². The molecule has 2 N–H and O–H groups in total. The molecule has 0 bridgehead atoms. The molecule has 0 spiro atoms. The summed E-state index contributed by atoms with van der Waals surface area (Å²) in [4.78, 5) is 29.2. The fourth-order valence-electron chi connectivity index (χ4n) is 4.60. The number of tetrazole rings is 1. The van der Waals surface area contributed by atoms with Crippen molar-refractivity contribution >= 4 is 17.0 Å². The van der Waals surface area contributed by atoms with E-state index in [4.69, 9.17) is 4.42 Å². The molecule has 1 fully saturated rings. The van der Waals surface area contributed by atoms with Crippen molar-refractivity contribution in [2.24, 2.45) is 7.05 Å². The minimum atomic E-state index is -0.435. The molecule has 1 amide bonds. The first-order chi connectivity index (χ1) is 16.9. The lowest BCUT2D eigenvalue weighted by molar-refractivity contribution is -0.131. The number of carbonyl (C=O) groups is 1. The van der Waals surface area contributed by atoms with Gasteiger partial charge in [0.15, 0.2) is 5.58 Å². The summed E-state index contributed by atoms with van der Waals surface area (Å²) in [5.74, 6) is -0.0160. The summed E-state index contributed by atoms with van der Waals surface area (Å²) >= 11 is 0. The fourth-order valence-corrected chi connectivity index (χ4v) is 4.60. The molecule has 0 radical (unpaired) electrons. The van der Waals surface area contributed by atoms with E-state index in [0.717, 1.165) is 29.7 Å². The second-order valence-corrected chi connectivity index (χ2v) is 8.99. The zero-order valence-corrected chi connectivity index (χ0v) is 19.6. The summed E-state index contributed by atoms with van der Waals surface area (Å²) in [6.07, 6.45) is 0.544. The van der Waals surface area contributed by atoms with Crippen LogP contribution in [0.25, 0.3) is 22.5 Å². The lowest BCUT2D eigenvalue weighted by atomic mass is 10.0. The van der Waals surface area contributed by atoms with Gasteiger partial charge < -0.3 is 14.4 Å². The SMILES string of the molecule is CN(C(=O)Cc1ccc2oc(=O)n(C)c2c1)[C@H](CN1CCC(O)C1)c1cccc(-c2nn[nH]n2)c1. The number of hydrogen-bond donors (Lipinski definition) is 2. The average Bonchev–Trinajstić information content (AvgIpc) is 3.59. The Morgan fingerprint density at radius 1 is 1.31 bits per heavy atom. The molecule has 4 aromatic rings. The average molecular weight is 478 g/mol. The third-order valence-corrected chi connectivity index (χ3v) is 6.63. The number of aliphatic hydroxyl groups excluding tert-OH is 1. The molecule has 1 unspecified atom stereocenters. The largest absolute Gasteiger partial charge is 0.419 e. The van der Waals surface area contributed by atoms with E-state index in [2.05, 4.69) is 25.5 Å². The van der Waals surface area contributed by atoms with Crippen molar-refractivity contribution in [3.8, 4) is 11.4 Å². The summed E-state index contributed by atoms with van der Waals surface area (Å²) in [7, 11) is 3.44. The van der Waals surface area contributed by atoms with Crippen LogP contribution in [0, 0.1) is 0 Å². The van der Waals surface area contributed by atoms with Gasteiger partial charge in [-0.15, -0.1) is 10.2 Å². The zero-order chi connectivity index (χ0) is 24.5. The van der Waals surface area contributed by atoms with Crippen LogP contribution in [0.2, 0.25) is 0 Å². The maximum atomic E-state index is 13.4. The number of rotatable bonds is 7. The summed E-state index contributed by atoms with van der Waals surface area (Å²) in [5.41, 5.74) is 3.68. The molecule has 182 valence electrons. The van der Waals surface area contributed by atoms with Crippen molar-refractivity contribution < 1.29 is 14.3 Å². The Hall–Kier alpha value is -3.83. The van der Waals surface area contributed by atoms with E-state index in [9.17, 15) is 14.7 Å². The topological polar surface area (TPSA) is 133 Å². The van der Waals surface area contributed by atoms with E-state index in [1.807, 2.05) is 30.3 Å². The number of benzene rings is 2. The summed E-state index contributed by atoms with van der Waals surface area (Å²) in [6.45, 7) is 1.94. The number of aliphatic hydroxyl groups is 1. The molecule has 3 heterocycles. The van der Waals surface area contributed by atoms with Crippen LogP contribution in [0.4, 0.5) is 0 Å². The van der Waals surface area contributed by atoms with E-state index in [0.29, 0.717) is 30.0 Å². The number of H-pyrrole nitrogens is 1. The number of hydrogen-bond acceptors (Lipinski definition) is 8. The predicted molar refractivity (Wildman–Crippen MR) is 127 cm³/mol. The Balaban J connectivity index is 1.41. The van der Waals surface area contributed by atoms with Crippen molar-refractivity contribution in [2.45, 2.75) is 25.0 Å². The number of aromatic amines is 1. The van der Waals surface area contributed by atoms with Gasteiger partial charge in [0.25, 0.3) is 0 Å². The maximum absolute atomic E-state index is 13.4. The number of oxazole rings is 1. The molecule has 5 rings (SSSR count). The van der Waals surface area contributed by atoms with Crippen LogP contribution in [0.3, 0.4) is 0 Å². The molecule has 1 aliphatic heterocycles. The van der Waals surface area contributed by atoms with Crippen LogP contribution in [-0.2, 0) is 18.3 Å². The van der Waals surface area contributed by atoms with Crippen molar-refractivity contribution in [2.75, 3.05) is 26.7 Å². The molecular weight excluding hydrogens is 450 g/mol. The minimum Gasteiger partial charge on any atom is -0.408 e. The van der Waals surface area contributed by atoms with Gasteiger partial charge in [0.05, 0.1) is 24.1 Å². The molecule has 1 aliphatic rings. The van der Waals surface area contributed by atoms with Gasteiger partial charge in [0.1, 0.15) is 0 Å². The third kappa shape index (κ3) is 4.73. The van der Waals surface area contributed by atoms with Crippen LogP contribution in [0.15, 0.2) is 51.7 Å². The van der Waals surface area contributed by atoms with Crippen molar-refractivity contribution in [1.82, 2.24) is 35.0 Å². The molecule has 11 nitrogen and oxygen atoms in total. The standard InChI is InChI=1S/C24H27N7O4/c1-29(22(33)11-15-6-7-21-19(10-15)30(2)24(34)35-21)20(14-31-9-8-18(32)13-31)16-4-3-5-17(12-16)23-25-27-28-26-23/h3-7,10,12,18,20,32H,8-9,11,13-14H2,1-2H3,(H,25,26,27,28)/t18?,20-/m1/s1. The van der Waals surface area contributed by atoms with Gasteiger partial charge in [0.2, 0.25) is 11.7 Å². The Kier molecular flexibility index (Phi) is 6.18. The second kappa shape index (κ2) is 9.43. The Bertz CT molecular complexity index is 1390. The highest BCUT2D eigenvalue weighted by atomic mass is 16.4. The first kappa shape index (κ1) is 22.9. The van der Waals surface area contributed by atoms with Gasteiger partial charge in [-0.3, -0.25) is 14.3 Å². The van der Waals surface area contributed by atoms with Crippen LogP contribution in [0.1, 0.15) is 23.6 Å². The number of likely N-dealkylation sites (N-methyl/N-ethyl adjacent to an activating group) is 1. The van der Waals surface area contributed by atoms with E-state index in [1.54, 1.807) is 31.1 Å². The molecule has 2 atom stereocenters. The van der Waals surface area contributed by atoms with E-state index in [-0.39, 0.29) is 24.5 Å². The monoisotopic (exact) mass is 477 g/mol. The third-order valence-electron chi connectivity index (χ3n) is 6.63. The van der Waals surface area contributed by atoms with Crippen molar-refractivity contribution in [3.05, 3.63) is 64.1 Å². The first-order valence-electron chi connectivity index (χ1n) is 11.5. The summed E-state index contributed by atoms with van der Waals surface area (Å²) in [5, 5.41) is 24.3. The van der Waals surface area contributed by atoms with E-state index in [1.165, 1.54) is 4.57 Å². The number of aromatic nitrogens is 5. The Labute approximate surface area is 201 Å². The molecule has 0 aliphatic carbocycles. The van der Waals surface area contributed by atoms with Crippen LogP contribution < -0.4 is 5.76 Å². The molecule has 35 heavy (non-hydrogen) atoms. The van der Waals surface area contributed by atoms with E-state index < -0.39 is 5.76 Å². The number of β-amino-alcohol motifs (C(OH)–C–C–N with tert-alkyl or cyclic N) is 1. The van der Waals surface area contributed by atoms with Gasteiger partial charge in [-0.1, -0.05) is 24.3 Å². The number of amides is 1. The fraction of sp³-hybridized carbons (Fsp3) is 0.375. The number of likely N-dealkylation sites (tertiary alicyclic amines) is 1. The smallest absolute Gasteiger partial charge is 0.408 e. The Morgan fingerprint density at radius 2 is 2.17 bits per heavy atom. The number of carbonyl (C=O) groups excluding carboxylic acids is 1. The highest BCUT2D eigenvalue weighted by molar-refractivity contribution is 5.81. The number of aryl methyl sites for hydroxylation is 1. The minimum absolute atomic E-state index is 0.0624. The molecule has 11 heteroatoms. The Morgan fingerprint density at radius 3 is 2.91 bits per heavy atom. The predicted octanol–water partition coefficient (Wildman–Crippen LogP) is 1.12. The number of nitrogens with one attached hydrogen (secondary N) is 1. The lowest BCUT2D eigenvalue weighted by Gasteiger charge is -2.32. The summed E-state index contributed by atoms with van der Waals surface area (Å²) in [6, 6.07) is 12.9. The quantitative estimate of drug-likeness (QED) is 0.405. The highest BCUT2D eigenvalue weighted by Gasteiger charge is 2.28. The number of fused-ring (bicyclic) bond motifs is 1. The lowest BCUT2D eigenvalue weighted by Crippen LogP contribution is -2.39. The molecule has 2 aromatic carbocycles. The first-order valence-corrected chi connectivity index (χ1v) is 11.5. The van der Waals surface area contributed by atoms with Gasteiger partial charge in [-0.2, -0.15) is 5.21 Å². The van der Waals surface area contributed by atoms with Crippen LogP contribution >= 0.6 is 0 Å². The van der Waals surface area contributed by atoms with Gasteiger partial charge in [0, 0.05) is 39.3 Å². The van der Waals surface area contributed by atoms with Crippen LogP contribution in [0.5, 0.6) is 0 Å². The molecule has 0 saturated carbocycles. The maximum Gasteiger partial charge on any atom is 0.419 e. The molecular formula is C24H27N7O4. The van der Waals surface area contributed by atoms with E-state index >= 15 is 0 Å². The van der Waals surface area contributed by atoms with Crippen molar-refractivity contribution in [3.63, 3.8) is 0 Å². The number of nitrogens with zero attached hydrogens (tertiary/aromatic N) is 6. The molecule has 1 saturated heterocycles. The zero-order valence-electron chi connectivity index (χ0n) is 19.6. The van der Waals surface area contributed by atoms with Crippen molar-refractivity contribution in [1.29, 1.82) is 0 Å². The normalized spacial score (nSPS) is 17.2. The second-order valence-electron chi connectivity index (χ2n) is 8.99. The molecule has 2 aromatic heterocycles. The highest BCUT2D eigenvalue weighted by Crippen LogP contribution is 2.27. The van der Waals surface area contributed by atoms with Gasteiger partial charge >= 0.3 is 5.76 Å². The van der Waals surface area contributed by atoms with Crippen LogP contribution in [-0.4, -0.2) is 78.8 Å².